The average molecular weight is 539 g/mol. The van der Waals surface area contributed by atoms with E-state index in [1.54, 1.807) is 31.2 Å². The van der Waals surface area contributed by atoms with Gasteiger partial charge in [-0.25, -0.2) is 4.39 Å². The van der Waals surface area contributed by atoms with Crippen LogP contribution in [0.2, 0.25) is 0 Å². The number of hydrogen-bond acceptors (Lipinski definition) is 5. The first kappa shape index (κ1) is 31.4. The number of rotatable bonds is 17. The largest absolute Gasteiger partial charge is 0.463 e. The van der Waals surface area contributed by atoms with Gasteiger partial charge in [0.2, 0.25) is 11.8 Å². The molecule has 2 amide bonds. The zero-order chi connectivity index (χ0) is 28.6. The second-order valence-electron chi connectivity index (χ2n) is 9.65. The first-order valence-electron chi connectivity index (χ1n) is 13.1. The number of hydrogen-bond donors (Lipinski definition) is 3. The fourth-order valence-electron chi connectivity index (χ4n) is 4.15. The lowest BCUT2D eigenvalue weighted by Crippen LogP contribution is -2.44. The van der Waals surface area contributed by atoms with Crippen molar-refractivity contribution in [1.29, 1.82) is 0 Å². The highest BCUT2D eigenvalue weighted by molar-refractivity contribution is 5.86. The minimum absolute atomic E-state index is 0.0434. The third-order valence-corrected chi connectivity index (χ3v) is 6.21. The molecule has 2 aromatic rings. The smallest absolute Gasteiger partial charge is 0.309 e. The minimum atomic E-state index is -0.663. The number of carbonyl (C=O) groups is 3. The lowest BCUT2D eigenvalue weighted by atomic mass is 9.96. The van der Waals surface area contributed by atoms with Crippen LogP contribution in [0.5, 0.6) is 0 Å². The van der Waals surface area contributed by atoms with Crippen LogP contribution < -0.4 is 10.6 Å². The highest BCUT2D eigenvalue weighted by atomic mass is 19.1. The number of benzene rings is 2. The summed E-state index contributed by atoms with van der Waals surface area (Å²) in [6, 6.07) is 14.5. The Labute approximate surface area is 230 Å². The van der Waals surface area contributed by atoms with Gasteiger partial charge in [-0.1, -0.05) is 54.6 Å². The maximum atomic E-state index is 13.2. The van der Waals surface area contributed by atoms with Crippen LogP contribution >= 0.6 is 0 Å². The van der Waals surface area contributed by atoms with Gasteiger partial charge in [-0.05, 0) is 55.9 Å². The summed E-state index contributed by atoms with van der Waals surface area (Å²) in [6.45, 7) is 8.82. The average Bonchev–Trinajstić information content (AvgIpc) is 2.92. The molecule has 0 unspecified atom stereocenters. The van der Waals surface area contributed by atoms with Gasteiger partial charge in [-0.2, -0.15) is 0 Å². The van der Waals surface area contributed by atoms with E-state index in [1.807, 2.05) is 30.3 Å². The Morgan fingerprint density at radius 2 is 1.54 bits per heavy atom. The Hall–Kier alpha value is -3.78. The maximum Gasteiger partial charge on any atom is 0.309 e. The van der Waals surface area contributed by atoms with Crippen LogP contribution in [0.1, 0.15) is 37.3 Å². The predicted molar refractivity (Wildman–Crippen MR) is 149 cm³/mol. The van der Waals surface area contributed by atoms with E-state index in [0.29, 0.717) is 19.3 Å². The van der Waals surface area contributed by atoms with Crippen LogP contribution in [0.3, 0.4) is 0 Å². The molecule has 2 rings (SSSR count). The normalized spacial score (nSPS) is 13.8. The molecule has 0 aliphatic carbocycles. The molecule has 2 aromatic carbocycles. The van der Waals surface area contributed by atoms with Crippen LogP contribution in [0, 0.1) is 17.7 Å². The van der Waals surface area contributed by atoms with Crippen LogP contribution in [-0.2, 0) is 32.0 Å². The van der Waals surface area contributed by atoms with Gasteiger partial charge in [0.25, 0.3) is 0 Å². The molecule has 3 N–H and O–H groups in total. The summed E-state index contributed by atoms with van der Waals surface area (Å²) in [6.07, 6.45) is 4.66. The number of aliphatic hydroxyl groups is 1. The van der Waals surface area contributed by atoms with Crippen molar-refractivity contribution >= 4 is 17.8 Å². The molecule has 7 nitrogen and oxygen atoms in total. The zero-order valence-electron chi connectivity index (χ0n) is 22.5. The second kappa shape index (κ2) is 16.9. The van der Waals surface area contributed by atoms with Crippen LogP contribution in [-0.4, -0.2) is 48.2 Å². The van der Waals surface area contributed by atoms with Crippen LogP contribution in [0.25, 0.3) is 0 Å². The summed E-state index contributed by atoms with van der Waals surface area (Å²) in [4.78, 5) is 38.3. The third-order valence-electron chi connectivity index (χ3n) is 6.21. The second-order valence-corrected chi connectivity index (χ2v) is 9.65. The Bertz CT molecular complexity index is 1070. The first-order chi connectivity index (χ1) is 18.7. The van der Waals surface area contributed by atoms with Crippen molar-refractivity contribution < 1.29 is 28.6 Å². The molecule has 39 heavy (non-hydrogen) atoms. The lowest BCUT2D eigenvalue weighted by molar-refractivity contribution is -0.149. The van der Waals surface area contributed by atoms with E-state index in [0.717, 1.165) is 11.1 Å². The molecule has 0 saturated carbocycles. The van der Waals surface area contributed by atoms with Gasteiger partial charge in [0, 0.05) is 6.42 Å². The molecule has 4 atom stereocenters. The Kier molecular flexibility index (Phi) is 13.7. The fourth-order valence-corrected chi connectivity index (χ4v) is 4.15. The number of halogens is 1. The standard InChI is InChI=1S/C31H39FN2O5/c1-4-9-25(19-29(36)34-28(20-35)18-23-11-7-6-8-12-23)30(37)33-22(3)21-39-31(38)26(10-5-2)17-24-13-15-27(32)16-14-24/h4-8,11-16,22,25-26,28,35H,1-2,9-10,17-21H2,3H3,(H,33,37)(H,34,36)/t22-,25+,26+,28+/m1/s1. The number of allylic oxidation sites excluding steroid dienone is 2. The monoisotopic (exact) mass is 538 g/mol. The van der Waals surface area contributed by atoms with Crippen LogP contribution in [0.15, 0.2) is 79.9 Å². The van der Waals surface area contributed by atoms with Gasteiger partial charge in [0.15, 0.2) is 0 Å². The van der Waals surface area contributed by atoms with Crippen molar-refractivity contribution in [3.05, 3.63) is 96.9 Å². The summed E-state index contributed by atoms with van der Waals surface area (Å²) >= 11 is 0. The highest BCUT2D eigenvalue weighted by Gasteiger charge is 2.25. The first-order valence-corrected chi connectivity index (χ1v) is 13.1. The zero-order valence-corrected chi connectivity index (χ0v) is 22.5. The van der Waals surface area contributed by atoms with Gasteiger partial charge in [-0.3, -0.25) is 14.4 Å². The summed E-state index contributed by atoms with van der Waals surface area (Å²) in [5.74, 6) is -2.63. The summed E-state index contributed by atoms with van der Waals surface area (Å²) in [5.41, 5.74) is 1.79. The number of esters is 1. The molecule has 8 heteroatoms. The molecule has 0 aliphatic rings. The Morgan fingerprint density at radius 1 is 0.923 bits per heavy atom. The SMILES string of the molecule is C=CC[C@@H](CC(=O)N[C@H](CO)Cc1ccccc1)C(=O)N[C@H](C)COC(=O)[C@@H](CC=C)Cc1ccc(F)cc1. The summed E-state index contributed by atoms with van der Waals surface area (Å²) in [5, 5.41) is 15.3. The van der Waals surface area contributed by atoms with Crippen molar-refractivity contribution in [1.82, 2.24) is 10.6 Å². The Balaban J connectivity index is 1.86. The summed E-state index contributed by atoms with van der Waals surface area (Å²) < 4.78 is 18.6. The van der Waals surface area contributed by atoms with Gasteiger partial charge >= 0.3 is 5.97 Å². The topological polar surface area (TPSA) is 105 Å². The van der Waals surface area contributed by atoms with Gasteiger partial charge in [0.05, 0.1) is 30.5 Å². The molecule has 0 aliphatic heterocycles. The van der Waals surface area contributed by atoms with E-state index in [4.69, 9.17) is 4.74 Å². The van der Waals surface area contributed by atoms with Crippen molar-refractivity contribution in [2.24, 2.45) is 11.8 Å². The van der Waals surface area contributed by atoms with Crippen molar-refractivity contribution in [3.63, 3.8) is 0 Å². The quantitative estimate of drug-likeness (QED) is 0.209. The minimum Gasteiger partial charge on any atom is -0.463 e. The number of carbonyl (C=O) groups excluding carboxylic acids is 3. The van der Waals surface area contributed by atoms with Crippen LogP contribution in [0.4, 0.5) is 4.39 Å². The molecule has 0 fully saturated rings. The molecule has 210 valence electrons. The number of amides is 2. The van der Waals surface area contributed by atoms with E-state index < -0.39 is 29.9 Å². The molecule has 0 bridgehead atoms. The maximum absolute atomic E-state index is 13.2. The summed E-state index contributed by atoms with van der Waals surface area (Å²) in [7, 11) is 0. The number of aliphatic hydroxyl groups excluding tert-OH is 1. The highest BCUT2D eigenvalue weighted by Crippen LogP contribution is 2.16. The molecular formula is C31H39FN2O5. The molecular weight excluding hydrogens is 499 g/mol. The van der Waals surface area contributed by atoms with E-state index in [9.17, 15) is 23.9 Å². The van der Waals surface area contributed by atoms with E-state index in [2.05, 4.69) is 23.8 Å². The van der Waals surface area contributed by atoms with E-state index in [1.165, 1.54) is 12.1 Å². The Morgan fingerprint density at radius 3 is 2.15 bits per heavy atom. The fraction of sp³-hybridized carbons (Fsp3) is 0.387. The van der Waals surface area contributed by atoms with Gasteiger partial charge in [-0.15, -0.1) is 13.2 Å². The van der Waals surface area contributed by atoms with E-state index >= 15 is 0 Å². The van der Waals surface area contributed by atoms with Crippen molar-refractivity contribution in [3.8, 4) is 0 Å². The molecule has 0 spiro atoms. The molecule has 0 saturated heterocycles. The third kappa shape index (κ3) is 11.7. The van der Waals surface area contributed by atoms with Gasteiger partial charge < -0.3 is 20.5 Å². The number of ether oxygens (including phenoxy) is 1. The van der Waals surface area contributed by atoms with Crippen molar-refractivity contribution in [2.75, 3.05) is 13.2 Å². The van der Waals surface area contributed by atoms with Gasteiger partial charge in [0.1, 0.15) is 12.4 Å². The number of nitrogens with one attached hydrogen (secondary N) is 2. The van der Waals surface area contributed by atoms with Crippen molar-refractivity contribution in [2.45, 2.75) is 51.1 Å². The predicted octanol–water partition coefficient (Wildman–Crippen LogP) is 3.91. The van der Waals surface area contributed by atoms with E-state index in [-0.39, 0.29) is 43.7 Å². The lowest BCUT2D eigenvalue weighted by Gasteiger charge is -2.22. The molecule has 0 aromatic heterocycles. The molecule has 0 radical (unpaired) electrons. The molecule has 0 heterocycles.